The first-order chi connectivity index (χ1) is 8.74. The zero-order valence-corrected chi connectivity index (χ0v) is 11.2. The second-order valence-corrected chi connectivity index (χ2v) is 6.07. The van der Waals surface area contributed by atoms with Crippen LogP contribution < -0.4 is 5.32 Å². The van der Waals surface area contributed by atoms with Crippen LogP contribution in [0.1, 0.15) is 56.2 Å². The minimum Gasteiger partial charge on any atom is -0.508 e. The third-order valence-corrected chi connectivity index (χ3v) is 4.71. The zero-order chi connectivity index (χ0) is 12.6. The van der Waals surface area contributed by atoms with Crippen molar-refractivity contribution >= 4 is 0 Å². The Morgan fingerprint density at radius 3 is 2.94 bits per heavy atom. The van der Waals surface area contributed by atoms with Crippen molar-refractivity contribution in [2.75, 3.05) is 6.54 Å². The molecule has 0 heterocycles. The monoisotopic (exact) mass is 245 g/mol. The van der Waals surface area contributed by atoms with Crippen LogP contribution >= 0.6 is 0 Å². The van der Waals surface area contributed by atoms with E-state index in [1.807, 2.05) is 6.07 Å². The number of phenolic OH excluding ortho intramolecular Hbond substituents is 1. The van der Waals surface area contributed by atoms with Crippen LogP contribution in [0.4, 0.5) is 0 Å². The topological polar surface area (TPSA) is 32.3 Å². The molecule has 18 heavy (non-hydrogen) atoms. The molecule has 2 heteroatoms. The molecule has 0 saturated heterocycles. The Labute approximate surface area is 109 Å². The Bertz CT molecular complexity index is 437. The summed E-state index contributed by atoms with van der Waals surface area (Å²) in [5.74, 6) is 0.478. The van der Waals surface area contributed by atoms with Crippen LogP contribution in [0.3, 0.4) is 0 Å². The molecule has 3 rings (SSSR count). The van der Waals surface area contributed by atoms with Crippen LogP contribution in [-0.2, 0) is 6.42 Å². The standard InChI is InChI=1S/C16H23NO/c1-2-8-16(9-10-16)11-17-14-7-6-13-12(14)4-3-5-15(13)18/h3-5,14,17-18H,2,6-11H2,1H3. The van der Waals surface area contributed by atoms with E-state index in [9.17, 15) is 5.11 Å². The van der Waals surface area contributed by atoms with Crippen LogP contribution in [0, 0.1) is 5.41 Å². The number of fused-ring (bicyclic) bond motifs is 1. The Balaban J connectivity index is 1.65. The first kappa shape index (κ1) is 12.0. The van der Waals surface area contributed by atoms with E-state index in [2.05, 4.69) is 18.3 Å². The van der Waals surface area contributed by atoms with Crippen molar-refractivity contribution in [3.8, 4) is 5.75 Å². The van der Waals surface area contributed by atoms with Gasteiger partial charge in [-0.3, -0.25) is 0 Å². The van der Waals surface area contributed by atoms with Gasteiger partial charge in [-0.15, -0.1) is 0 Å². The summed E-state index contributed by atoms with van der Waals surface area (Å²) in [6.07, 6.45) is 7.60. The Hall–Kier alpha value is -1.02. The zero-order valence-electron chi connectivity index (χ0n) is 11.2. The molecule has 1 aromatic rings. The van der Waals surface area contributed by atoms with E-state index in [0.717, 1.165) is 24.9 Å². The van der Waals surface area contributed by atoms with Crippen molar-refractivity contribution < 1.29 is 5.11 Å². The highest BCUT2D eigenvalue weighted by atomic mass is 16.3. The third kappa shape index (κ3) is 2.14. The molecule has 0 bridgehead atoms. The van der Waals surface area contributed by atoms with E-state index in [1.54, 1.807) is 6.07 Å². The number of nitrogens with one attached hydrogen (secondary N) is 1. The summed E-state index contributed by atoms with van der Waals surface area (Å²) in [4.78, 5) is 0. The number of hydrogen-bond donors (Lipinski definition) is 2. The molecule has 1 atom stereocenters. The second-order valence-electron chi connectivity index (χ2n) is 6.07. The molecule has 0 aromatic heterocycles. The first-order valence-electron chi connectivity index (χ1n) is 7.28. The predicted molar refractivity (Wildman–Crippen MR) is 73.7 cm³/mol. The summed E-state index contributed by atoms with van der Waals surface area (Å²) in [5, 5.41) is 13.6. The van der Waals surface area contributed by atoms with Gasteiger partial charge in [-0.05, 0) is 54.7 Å². The smallest absolute Gasteiger partial charge is 0.119 e. The molecule has 0 amide bonds. The van der Waals surface area contributed by atoms with Gasteiger partial charge in [0.1, 0.15) is 5.75 Å². The lowest BCUT2D eigenvalue weighted by molar-refractivity contribution is 0.387. The van der Waals surface area contributed by atoms with Gasteiger partial charge < -0.3 is 10.4 Å². The van der Waals surface area contributed by atoms with Gasteiger partial charge >= 0.3 is 0 Å². The number of aromatic hydroxyl groups is 1. The Morgan fingerprint density at radius 2 is 2.22 bits per heavy atom. The van der Waals surface area contributed by atoms with E-state index >= 15 is 0 Å². The largest absolute Gasteiger partial charge is 0.508 e. The fourth-order valence-electron chi connectivity index (χ4n) is 3.41. The first-order valence-corrected chi connectivity index (χ1v) is 7.28. The van der Waals surface area contributed by atoms with Crippen LogP contribution in [0.2, 0.25) is 0 Å². The maximum absolute atomic E-state index is 9.85. The molecular formula is C16H23NO. The van der Waals surface area contributed by atoms with Crippen LogP contribution in [0.15, 0.2) is 18.2 Å². The summed E-state index contributed by atoms with van der Waals surface area (Å²) in [5.41, 5.74) is 3.09. The molecule has 2 aliphatic carbocycles. The van der Waals surface area contributed by atoms with E-state index in [4.69, 9.17) is 0 Å². The van der Waals surface area contributed by atoms with Crippen molar-refractivity contribution in [2.45, 2.75) is 51.5 Å². The van der Waals surface area contributed by atoms with Crippen molar-refractivity contribution in [2.24, 2.45) is 5.41 Å². The van der Waals surface area contributed by atoms with Gasteiger partial charge in [-0.1, -0.05) is 25.5 Å². The lowest BCUT2D eigenvalue weighted by atomic mass is 9.99. The molecule has 1 saturated carbocycles. The summed E-state index contributed by atoms with van der Waals surface area (Å²) < 4.78 is 0. The van der Waals surface area contributed by atoms with E-state index in [-0.39, 0.29) is 0 Å². The summed E-state index contributed by atoms with van der Waals surface area (Å²) in [6, 6.07) is 6.40. The van der Waals surface area contributed by atoms with Gasteiger partial charge in [0, 0.05) is 12.6 Å². The lowest BCUT2D eigenvalue weighted by Crippen LogP contribution is -2.27. The lowest BCUT2D eigenvalue weighted by Gasteiger charge is -2.20. The van der Waals surface area contributed by atoms with E-state index in [0.29, 0.717) is 17.2 Å². The van der Waals surface area contributed by atoms with E-state index < -0.39 is 0 Å². The normalized spacial score (nSPS) is 23.9. The molecular weight excluding hydrogens is 222 g/mol. The minimum absolute atomic E-state index is 0.460. The summed E-state index contributed by atoms with van der Waals surface area (Å²) in [7, 11) is 0. The van der Waals surface area contributed by atoms with Gasteiger partial charge in [-0.2, -0.15) is 0 Å². The quantitative estimate of drug-likeness (QED) is 0.831. The van der Waals surface area contributed by atoms with Crippen LogP contribution in [0.5, 0.6) is 5.75 Å². The highest BCUT2D eigenvalue weighted by molar-refractivity contribution is 5.44. The molecule has 1 fully saturated rings. The fraction of sp³-hybridized carbons (Fsp3) is 0.625. The molecule has 1 aromatic carbocycles. The van der Waals surface area contributed by atoms with Gasteiger partial charge in [0.2, 0.25) is 0 Å². The summed E-state index contributed by atoms with van der Waals surface area (Å²) >= 11 is 0. The molecule has 98 valence electrons. The maximum Gasteiger partial charge on any atom is 0.119 e. The molecule has 0 spiro atoms. The van der Waals surface area contributed by atoms with Crippen molar-refractivity contribution in [1.82, 2.24) is 5.32 Å². The molecule has 2 nitrogen and oxygen atoms in total. The van der Waals surface area contributed by atoms with Crippen LogP contribution in [-0.4, -0.2) is 11.7 Å². The maximum atomic E-state index is 9.85. The number of phenols is 1. The predicted octanol–water partition coefficient (Wildman–Crippen LogP) is 3.55. The molecule has 2 N–H and O–H groups in total. The molecule has 1 unspecified atom stereocenters. The van der Waals surface area contributed by atoms with Gasteiger partial charge in [0.15, 0.2) is 0 Å². The molecule has 0 radical (unpaired) electrons. The number of benzene rings is 1. The molecule has 0 aliphatic heterocycles. The highest BCUT2D eigenvalue weighted by Crippen LogP contribution is 2.49. The third-order valence-electron chi connectivity index (χ3n) is 4.71. The van der Waals surface area contributed by atoms with Gasteiger partial charge in [0.25, 0.3) is 0 Å². The molecule has 2 aliphatic rings. The second kappa shape index (κ2) is 4.58. The number of hydrogen-bond acceptors (Lipinski definition) is 2. The average molecular weight is 245 g/mol. The summed E-state index contributed by atoms with van der Waals surface area (Å²) in [6.45, 7) is 3.43. The van der Waals surface area contributed by atoms with Gasteiger partial charge in [0.05, 0.1) is 0 Å². The number of rotatable bonds is 5. The fourth-order valence-corrected chi connectivity index (χ4v) is 3.41. The van der Waals surface area contributed by atoms with Crippen molar-refractivity contribution in [3.63, 3.8) is 0 Å². The average Bonchev–Trinajstić information content (AvgIpc) is 3.00. The van der Waals surface area contributed by atoms with Crippen molar-refractivity contribution in [1.29, 1.82) is 0 Å². The van der Waals surface area contributed by atoms with E-state index in [1.165, 1.54) is 31.2 Å². The Morgan fingerprint density at radius 1 is 1.39 bits per heavy atom. The highest BCUT2D eigenvalue weighted by Gasteiger charge is 2.41. The van der Waals surface area contributed by atoms with Crippen molar-refractivity contribution in [3.05, 3.63) is 29.3 Å². The minimum atomic E-state index is 0.460. The van der Waals surface area contributed by atoms with Crippen LogP contribution in [0.25, 0.3) is 0 Å². The van der Waals surface area contributed by atoms with Gasteiger partial charge in [-0.25, -0.2) is 0 Å². The SMILES string of the molecule is CCCC1(CNC2CCc3c(O)cccc32)CC1. The Kier molecular flexibility index (Phi) is 3.06.